The third kappa shape index (κ3) is 3.01. The fourth-order valence-corrected chi connectivity index (χ4v) is 1.78. The number of alkyl halides is 1. The Morgan fingerprint density at radius 3 is 2.78 bits per heavy atom. The lowest BCUT2D eigenvalue weighted by atomic mass is 10.1. The van der Waals surface area contributed by atoms with Gasteiger partial charge in [-0.15, -0.1) is 16.7 Å². The summed E-state index contributed by atoms with van der Waals surface area (Å²) < 4.78 is 5.42. The van der Waals surface area contributed by atoms with Crippen molar-refractivity contribution in [3.63, 3.8) is 0 Å². The van der Waals surface area contributed by atoms with E-state index in [2.05, 4.69) is 28.5 Å². The summed E-state index contributed by atoms with van der Waals surface area (Å²) in [5.74, 6) is 0.423. The highest BCUT2D eigenvalue weighted by Gasteiger charge is 2.11. The van der Waals surface area contributed by atoms with Crippen LogP contribution in [0.3, 0.4) is 0 Å². The average molecular weight is 266 g/mol. The van der Waals surface area contributed by atoms with E-state index in [4.69, 9.17) is 16.0 Å². The summed E-state index contributed by atoms with van der Waals surface area (Å²) in [4.78, 5) is 0. The van der Waals surface area contributed by atoms with Gasteiger partial charge in [0, 0.05) is 5.69 Å². The first-order valence-electron chi connectivity index (χ1n) is 6.03. The van der Waals surface area contributed by atoms with E-state index in [9.17, 15) is 0 Å². The van der Waals surface area contributed by atoms with E-state index in [-0.39, 0.29) is 5.38 Å². The zero-order valence-corrected chi connectivity index (χ0v) is 11.2. The Hall–Kier alpha value is -1.55. The van der Waals surface area contributed by atoms with Crippen LogP contribution in [0.4, 0.5) is 11.7 Å². The topological polar surface area (TPSA) is 51.0 Å². The summed E-state index contributed by atoms with van der Waals surface area (Å²) in [6.07, 6.45) is 2.10. The van der Waals surface area contributed by atoms with Crippen molar-refractivity contribution in [1.29, 1.82) is 0 Å². The zero-order chi connectivity index (χ0) is 13.0. The number of halogens is 1. The minimum atomic E-state index is -0.279. The Balaban J connectivity index is 2.17. The number of nitrogens with one attached hydrogen (secondary N) is 1. The second kappa shape index (κ2) is 5.87. The minimum absolute atomic E-state index is 0.279. The number of rotatable bonds is 5. The largest absolute Gasteiger partial charge is 0.406 e. The van der Waals surface area contributed by atoms with Gasteiger partial charge in [-0.3, -0.25) is 0 Å². The van der Waals surface area contributed by atoms with Gasteiger partial charge in [0.25, 0.3) is 0 Å². The van der Waals surface area contributed by atoms with Crippen LogP contribution in [0.5, 0.6) is 0 Å². The van der Waals surface area contributed by atoms with Crippen molar-refractivity contribution in [2.24, 2.45) is 0 Å². The van der Waals surface area contributed by atoms with E-state index in [0.717, 1.165) is 18.5 Å². The molecule has 2 aromatic rings. The van der Waals surface area contributed by atoms with Gasteiger partial charge in [0.05, 0.1) is 0 Å². The van der Waals surface area contributed by atoms with Gasteiger partial charge in [0.1, 0.15) is 5.38 Å². The lowest BCUT2D eigenvalue weighted by Gasteiger charge is -2.07. The monoisotopic (exact) mass is 265 g/mol. The van der Waals surface area contributed by atoms with Crippen molar-refractivity contribution >= 4 is 23.3 Å². The summed E-state index contributed by atoms with van der Waals surface area (Å²) in [6, 6.07) is 8.46. The minimum Gasteiger partial charge on any atom is -0.406 e. The maximum Gasteiger partial charge on any atom is 0.320 e. The molecule has 0 saturated carbocycles. The summed E-state index contributed by atoms with van der Waals surface area (Å²) in [5.41, 5.74) is 2.23. The first kappa shape index (κ1) is 12.9. The van der Waals surface area contributed by atoms with Crippen LogP contribution in [-0.2, 0) is 6.42 Å². The Morgan fingerprint density at radius 2 is 2.11 bits per heavy atom. The predicted octanol–water partition coefficient (Wildman–Crippen LogP) is 4.07. The molecule has 0 amide bonds. The van der Waals surface area contributed by atoms with E-state index >= 15 is 0 Å². The van der Waals surface area contributed by atoms with Crippen molar-refractivity contribution in [3.05, 3.63) is 35.7 Å². The van der Waals surface area contributed by atoms with Crippen LogP contribution in [-0.4, -0.2) is 10.2 Å². The molecule has 0 saturated heterocycles. The maximum atomic E-state index is 5.88. The van der Waals surface area contributed by atoms with Crippen molar-refractivity contribution in [3.8, 4) is 0 Å². The van der Waals surface area contributed by atoms with Gasteiger partial charge in [0.2, 0.25) is 5.89 Å². The molecule has 0 aliphatic carbocycles. The van der Waals surface area contributed by atoms with Gasteiger partial charge >= 0.3 is 6.01 Å². The highest BCUT2D eigenvalue weighted by atomic mass is 35.5. The summed E-state index contributed by atoms with van der Waals surface area (Å²) in [5, 5.41) is 10.7. The molecule has 1 aromatic carbocycles. The molecule has 1 heterocycles. The Morgan fingerprint density at radius 1 is 1.33 bits per heavy atom. The molecule has 4 nitrogen and oxygen atoms in total. The fraction of sp³-hybridized carbons (Fsp3) is 0.385. The summed E-state index contributed by atoms with van der Waals surface area (Å²) >= 11 is 5.88. The van der Waals surface area contributed by atoms with Crippen molar-refractivity contribution in [2.45, 2.75) is 32.1 Å². The second-order valence-electron chi connectivity index (χ2n) is 4.09. The number of benzene rings is 1. The molecule has 0 aliphatic rings. The molecular formula is C13H16ClN3O. The average Bonchev–Trinajstić information content (AvgIpc) is 2.81. The number of para-hydroxylation sites is 1. The first-order chi connectivity index (χ1) is 8.70. The maximum absolute atomic E-state index is 5.88. The molecule has 0 fully saturated rings. The molecule has 0 radical (unpaired) electrons. The molecule has 1 aromatic heterocycles. The molecule has 0 aliphatic heterocycles. The van der Waals surface area contributed by atoms with Gasteiger partial charge in [-0.1, -0.05) is 36.6 Å². The summed E-state index contributed by atoms with van der Waals surface area (Å²) in [6.45, 7) is 3.95. The summed E-state index contributed by atoms with van der Waals surface area (Å²) in [7, 11) is 0. The second-order valence-corrected chi connectivity index (χ2v) is 4.75. The van der Waals surface area contributed by atoms with Crippen molar-refractivity contribution < 1.29 is 4.42 Å². The molecular weight excluding hydrogens is 250 g/mol. The molecule has 1 unspecified atom stereocenters. The van der Waals surface area contributed by atoms with Crippen LogP contribution in [0.2, 0.25) is 0 Å². The third-order valence-corrected chi connectivity index (χ3v) is 2.75. The number of nitrogens with zero attached hydrogens (tertiary/aromatic N) is 2. The number of aromatic nitrogens is 2. The number of anilines is 2. The molecule has 2 rings (SSSR count). The Bertz CT molecular complexity index is 510. The van der Waals surface area contributed by atoms with E-state index in [1.54, 1.807) is 6.92 Å². The highest BCUT2D eigenvalue weighted by molar-refractivity contribution is 6.20. The van der Waals surface area contributed by atoms with Crippen molar-refractivity contribution in [1.82, 2.24) is 10.2 Å². The van der Waals surface area contributed by atoms with Gasteiger partial charge in [-0.25, -0.2) is 0 Å². The van der Waals surface area contributed by atoms with Crippen LogP contribution >= 0.6 is 11.6 Å². The molecule has 96 valence electrons. The molecule has 0 bridgehead atoms. The lowest BCUT2D eigenvalue weighted by Crippen LogP contribution is -1.95. The third-order valence-electron chi connectivity index (χ3n) is 2.56. The molecule has 5 heteroatoms. The van der Waals surface area contributed by atoms with E-state index in [1.807, 2.05) is 18.2 Å². The van der Waals surface area contributed by atoms with E-state index in [0.29, 0.717) is 11.9 Å². The predicted molar refractivity (Wildman–Crippen MR) is 72.3 cm³/mol. The molecule has 18 heavy (non-hydrogen) atoms. The fourth-order valence-electron chi connectivity index (χ4n) is 1.69. The van der Waals surface area contributed by atoms with Crippen LogP contribution in [0.25, 0.3) is 0 Å². The van der Waals surface area contributed by atoms with Crippen LogP contribution in [0.1, 0.15) is 37.1 Å². The van der Waals surface area contributed by atoms with Crippen molar-refractivity contribution in [2.75, 3.05) is 5.32 Å². The standard InChI is InChI=1S/C13H16ClN3O/c1-3-6-10-7-4-5-8-11(10)15-13-17-16-12(18-13)9(2)14/h4-5,7-9H,3,6H2,1-2H3,(H,15,17). The van der Waals surface area contributed by atoms with Gasteiger partial charge in [-0.2, -0.15) is 0 Å². The van der Waals surface area contributed by atoms with E-state index < -0.39 is 0 Å². The van der Waals surface area contributed by atoms with Crippen LogP contribution in [0.15, 0.2) is 28.7 Å². The molecule has 1 atom stereocenters. The quantitative estimate of drug-likeness (QED) is 0.828. The smallest absolute Gasteiger partial charge is 0.320 e. The molecule has 0 spiro atoms. The highest BCUT2D eigenvalue weighted by Crippen LogP contribution is 2.24. The van der Waals surface area contributed by atoms with Gasteiger partial charge in [0.15, 0.2) is 0 Å². The number of hydrogen-bond donors (Lipinski definition) is 1. The van der Waals surface area contributed by atoms with Crippen LogP contribution in [0, 0.1) is 0 Å². The van der Waals surface area contributed by atoms with Crippen LogP contribution < -0.4 is 5.32 Å². The van der Waals surface area contributed by atoms with E-state index in [1.165, 1.54) is 5.56 Å². The Kier molecular flexibility index (Phi) is 4.20. The SMILES string of the molecule is CCCc1ccccc1Nc1nnc(C(C)Cl)o1. The normalized spacial score (nSPS) is 12.4. The van der Waals surface area contributed by atoms with Gasteiger partial charge in [-0.05, 0) is 25.0 Å². The molecule has 1 N–H and O–H groups in total. The number of aryl methyl sites for hydroxylation is 1. The number of hydrogen-bond acceptors (Lipinski definition) is 4. The lowest BCUT2D eigenvalue weighted by molar-refractivity contribution is 0.510. The Labute approximate surface area is 111 Å². The van der Waals surface area contributed by atoms with Gasteiger partial charge < -0.3 is 9.73 Å². The zero-order valence-electron chi connectivity index (χ0n) is 10.5. The first-order valence-corrected chi connectivity index (χ1v) is 6.46.